The van der Waals surface area contributed by atoms with E-state index in [9.17, 15) is 4.79 Å². The molecule has 76 valence electrons. The molecule has 2 aromatic rings. The highest BCUT2D eigenvalue weighted by Gasteiger charge is 2.03. The van der Waals surface area contributed by atoms with Crippen molar-refractivity contribution in [2.45, 2.75) is 10.1 Å². The minimum absolute atomic E-state index is 0.291. The highest BCUT2D eigenvalue weighted by molar-refractivity contribution is 7.99. The highest BCUT2D eigenvalue weighted by Crippen LogP contribution is 2.24. The van der Waals surface area contributed by atoms with E-state index in [0.717, 1.165) is 10.1 Å². The summed E-state index contributed by atoms with van der Waals surface area (Å²) in [5, 5.41) is 9.50. The van der Waals surface area contributed by atoms with Crippen LogP contribution in [0.3, 0.4) is 0 Å². The van der Waals surface area contributed by atoms with Gasteiger partial charge in [0.25, 0.3) is 0 Å². The molecule has 0 spiro atoms. The van der Waals surface area contributed by atoms with Gasteiger partial charge in [-0.15, -0.1) is 0 Å². The van der Waals surface area contributed by atoms with E-state index in [0.29, 0.717) is 5.56 Å². The van der Waals surface area contributed by atoms with E-state index in [-0.39, 0.29) is 0 Å². The number of rotatable bonds is 3. The van der Waals surface area contributed by atoms with Crippen molar-refractivity contribution in [3.63, 3.8) is 0 Å². The van der Waals surface area contributed by atoms with E-state index in [4.69, 9.17) is 5.11 Å². The van der Waals surface area contributed by atoms with Gasteiger partial charge in [0.05, 0.1) is 5.56 Å². The van der Waals surface area contributed by atoms with Gasteiger partial charge in [0, 0.05) is 17.3 Å². The standard InChI is InChI=1S/C10H8N2O2S/c13-9(14)7-1-3-8(4-2-7)15-10-11-5-6-12-10/h1-6H,(H,11,12)(H,13,14). The molecule has 1 aromatic heterocycles. The number of hydrogen-bond donors (Lipinski definition) is 2. The van der Waals surface area contributed by atoms with Crippen LogP contribution in [0.25, 0.3) is 0 Å². The predicted octanol–water partition coefficient (Wildman–Crippen LogP) is 2.26. The van der Waals surface area contributed by atoms with Crippen LogP contribution in [0.15, 0.2) is 46.7 Å². The molecule has 0 aliphatic heterocycles. The summed E-state index contributed by atoms with van der Waals surface area (Å²) in [6.07, 6.45) is 3.42. The van der Waals surface area contributed by atoms with Crippen molar-refractivity contribution < 1.29 is 9.90 Å². The van der Waals surface area contributed by atoms with E-state index in [2.05, 4.69) is 9.97 Å². The summed E-state index contributed by atoms with van der Waals surface area (Å²) in [6, 6.07) is 6.68. The van der Waals surface area contributed by atoms with E-state index >= 15 is 0 Å². The average Bonchev–Trinajstić information content (AvgIpc) is 2.71. The predicted molar refractivity (Wildman–Crippen MR) is 56.1 cm³/mol. The van der Waals surface area contributed by atoms with Crippen molar-refractivity contribution in [1.82, 2.24) is 9.97 Å². The maximum Gasteiger partial charge on any atom is 0.335 e. The number of aromatic nitrogens is 2. The largest absolute Gasteiger partial charge is 0.478 e. The molecule has 0 radical (unpaired) electrons. The molecule has 1 heterocycles. The lowest BCUT2D eigenvalue weighted by molar-refractivity contribution is 0.0697. The number of carboxylic acid groups (broad SMARTS) is 1. The molecule has 0 aliphatic carbocycles. The number of hydrogen-bond acceptors (Lipinski definition) is 3. The van der Waals surface area contributed by atoms with E-state index in [1.54, 1.807) is 36.7 Å². The lowest BCUT2D eigenvalue weighted by Gasteiger charge is -1.98. The lowest BCUT2D eigenvalue weighted by Crippen LogP contribution is -1.94. The van der Waals surface area contributed by atoms with Crippen LogP contribution >= 0.6 is 11.8 Å². The van der Waals surface area contributed by atoms with E-state index in [1.807, 2.05) is 0 Å². The smallest absolute Gasteiger partial charge is 0.335 e. The van der Waals surface area contributed by atoms with Gasteiger partial charge in [0.2, 0.25) is 0 Å². The monoisotopic (exact) mass is 220 g/mol. The summed E-state index contributed by atoms with van der Waals surface area (Å²) in [5.41, 5.74) is 0.291. The molecule has 0 atom stereocenters. The fourth-order valence-corrected chi connectivity index (χ4v) is 1.82. The summed E-state index contributed by atoms with van der Waals surface area (Å²) < 4.78 is 0. The van der Waals surface area contributed by atoms with Crippen LogP contribution in [0, 0.1) is 0 Å². The van der Waals surface area contributed by atoms with Gasteiger partial charge in [-0.1, -0.05) is 11.8 Å². The van der Waals surface area contributed by atoms with Crippen molar-refractivity contribution in [2.24, 2.45) is 0 Å². The minimum Gasteiger partial charge on any atom is -0.478 e. The number of H-pyrrole nitrogens is 1. The first-order valence-corrected chi connectivity index (χ1v) is 5.08. The van der Waals surface area contributed by atoms with Crippen molar-refractivity contribution >= 4 is 17.7 Å². The molecule has 0 unspecified atom stereocenters. The van der Waals surface area contributed by atoms with Crippen LogP contribution in [0.1, 0.15) is 10.4 Å². The number of carboxylic acids is 1. The summed E-state index contributed by atoms with van der Waals surface area (Å²) in [4.78, 5) is 18.6. The molecule has 0 amide bonds. The Morgan fingerprint density at radius 1 is 1.33 bits per heavy atom. The fourth-order valence-electron chi connectivity index (χ4n) is 1.08. The Kier molecular flexibility index (Phi) is 2.73. The summed E-state index contributed by atoms with van der Waals surface area (Å²) in [7, 11) is 0. The second kappa shape index (κ2) is 4.18. The molecule has 2 rings (SSSR count). The second-order valence-electron chi connectivity index (χ2n) is 2.83. The topological polar surface area (TPSA) is 66.0 Å². The Hall–Kier alpha value is -1.75. The Labute approximate surface area is 90.4 Å². The van der Waals surface area contributed by atoms with Gasteiger partial charge in [-0.2, -0.15) is 0 Å². The number of aromatic carboxylic acids is 1. The third kappa shape index (κ3) is 2.38. The molecular weight excluding hydrogens is 212 g/mol. The van der Waals surface area contributed by atoms with Gasteiger partial charge in [-0.05, 0) is 24.3 Å². The number of carbonyl (C=O) groups is 1. The number of nitrogens with one attached hydrogen (secondary N) is 1. The van der Waals surface area contributed by atoms with E-state index < -0.39 is 5.97 Å². The van der Waals surface area contributed by atoms with Gasteiger partial charge in [0.15, 0.2) is 5.16 Å². The van der Waals surface area contributed by atoms with Crippen LogP contribution < -0.4 is 0 Å². The van der Waals surface area contributed by atoms with Crippen molar-refractivity contribution in [3.05, 3.63) is 42.2 Å². The zero-order valence-electron chi connectivity index (χ0n) is 7.68. The minimum atomic E-state index is -0.912. The fraction of sp³-hybridized carbons (Fsp3) is 0. The quantitative estimate of drug-likeness (QED) is 0.832. The first-order chi connectivity index (χ1) is 7.25. The lowest BCUT2D eigenvalue weighted by atomic mass is 10.2. The average molecular weight is 220 g/mol. The first kappa shape index (κ1) is 9.79. The number of aromatic amines is 1. The molecule has 0 aliphatic rings. The molecule has 0 saturated heterocycles. The normalized spacial score (nSPS) is 10.1. The summed E-state index contributed by atoms with van der Waals surface area (Å²) >= 11 is 1.46. The van der Waals surface area contributed by atoms with Gasteiger partial charge in [-0.3, -0.25) is 0 Å². The molecule has 5 heteroatoms. The molecule has 1 aromatic carbocycles. The van der Waals surface area contributed by atoms with Crippen molar-refractivity contribution in [3.8, 4) is 0 Å². The Morgan fingerprint density at radius 3 is 2.60 bits per heavy atom. The Balaban J connectivity index is 2.14. The van der Waals surface area contributed by atoms with Gasteiger partial charge in [-0.25, -0.2) is 9.78 Å². The number of benzene rings is 1. The third-order valence-corrected chi connectivity index (χ3v) is 2.71. The number of nitrogens with zero attached hydrogens (tertiary/aromatic N) is 1. The first-order valence-electron chi connectivity index (χ1n) is 4.26. The zero-order chi connectivity index (χ0) is 10.7. The van der Waals surface area contributed by atoms with Gasteiger partial charge >= 0.3 is 5.97 Å². The maximum atomic E-state index is 10.6. The van der Waals surface area contributed by atoms with Crippen LogP contribution in [-0.2, 0) is 0 Å². The Bertz CT molecular complexity index is 451. The SMILES string of the molecule is O=C(O)c1ccc(Sc2ncc[nH]2)cc1. The summed E-state index contributed by atoms with van der Waals surface area (Å²) in [6.45, 7) is 0. The van der Waals surface area contributed by atoms with Gasteiger partial charge < -0.3 is 10.1 Å². The molecular formula is C10H8N2O2S. The molecule has 15 heavy (non-hydrogen) atoms. The molecule has 0 bridgehead atoms. The van der Waals surface area contributed by atoms with Crippen LogP contribution in [0.2, 0.25) is 0 Å². The van der Waals surface area contributed by atoms with Gasteiger partial charge in [0.1, 0.15) is 0 Å². The Morgan fingerprint density at radius 2 is 2.07 bits per heavy atom. The van der Waals surface area contributed by atoms with Crippen LogP contribution in [0.5, 0.6) is 0 Å². The third-order valence-electron chi connectivity index (χ3n) is 1.79. The molecule has 2 N–H and O–H groups in total. The van der Waals surface area contributed by atoms with E-state index in [1.165, 1.54) is 11.8 Å². The van der Waals surface area contributed by atoms with Crippen LogP contribution in [-0.4, -0.2) is 21.0 Å². The van der Waals surface area contributed by atoms with Crippen molar-refractivity contribution in [2.75, 3.05) is 0 Å². The van der Waals surface area contributed by atoms with Crippen molar-refractivity contribution in [1.29, 1.82) is 0 Å². The highest BCUT2D eigenvalue weighted by atomic mass is 32.2. The van der Waals surface area contributed by atoms with Crippen LogP contribution in [0.4, 0.5) is 0 Å². The second-order valence-corrected chi connectivity index (χ2v) is 3.89. The molecule has 0 fully saturated rings. The summed E-state index contributed by atoms with van der Waals surface area (Å²) in [5.74, 6) is -0.912. The maximum absolute atomic E-state index is 10.6. The molecule has 0 saturated carbocycles. The zero-order valence-corrected chi connectivity index (χ0v) is 8.49. The molecule has 4 nitrogen and oxygen atoms in total. The number of imidazole rings is 1.